The lowest BCUT2D eigenvalue weighted by Crippen LogP contribution is -2.25. The number of imidazole rings is 1. The molecule has 0 aliphatic heterocycles. The standard InChI is InChI=1S/C12H9N5O/c13-4-7-16(8-5-14)12-10(9-18)17-6-2-1-3-11(17)15-12/h1-3,6,9H,7-8H2. The van der Waals surface area contributed by atoms with Gasteiger partial charge in [-0.2, -0.15) is 10.5 Å². The number of carbonyl (C=O) groups excluding carboxylic acids is 1. The fourth-order valence-electron chi connectivity index (χ4n) is 1.72. The fourth-order valence-corrected chi connectivity index (χ4v) is 1.72. The molecule has 0 fully saturated rings. The van der Waals surface area contributed by atoms with Crippen LogP contribution >= 0.6 is 0 Å². The van der Waals surface area contributed by atoms with Gasteiger partial charge in [0.1, 0.15) is 24.4 Å². The van der Waals surface area contributed by atoms with E-state index in [0.29, 0.717) is 23.4 Å². The first-order valence-electron chi connectivity index (χ1n) is 5.23. The van der Waals surface area contributed by atoms with Crippen LogP contribution in [0.25, 0.3) is 5.65 Å². The van der Waals surface area contributed by atoms with Gasteiger partial charge in [-0.15, -0.1) is 0 Å². The van der Waals surface area contributed by atoms with Crippen molar-refractivity contribution in [2.75, 3.05) is 18.0 Å². The first-order valence-corrected chi connectivity index (χ1v) is 5.23. The summed E-state index contributed by atoms with van der Waals surface area (Å²) in [5.74, 6) is 0.360. The van der Waals surface area contributed by atoms with E-state index < -0.39 is 0 Å². The summed E-state index contributed by atoms with van der Waals surface area (Å²) >= 11 is 0. The average Bonchev–Trinajstić information content (AvgIpc) is 2.76. The molecule has 2 aromatic heterocycles. The largest absolute Gasteiger partial charge is 0.328 e. The number of hydrogen-bond acceptors (Lipinski definition) is 5. The van der Waals surface area contributed by atoms with E-state index in [1.807, 2.05) is 12.1 Å². The van der Waals surface area contributed by atoms with Crippen molar-refractivity contribution < 1.29 is 4.79 Å². The number of aromatic nitrogens is 2. The van der Waals surface area contributed by atoms with Crippen molar-refractivity contribution in [1.29, 1.82) is 10.5 Å². The van der Waals surface area contributed by atoms with Crippen LogP contribution in [0.15, 0.2) is 24.4 Å². The molecule has 0 saturated carbocycles. The third kappa shape index (κ3) is 1.87. The summed E-state index contributed by atoms with van der Waals surface area (Å²) in [6.45, 7) is 0.0244. The molecule has 0 amide bonds. The van der Waals surface area contributed by atoms with E-state index in [9.17, 15) is 4.79 Å². The molecule has 0 aliphatic rings. The molecule has 18 heavy (non-hydrogen) atoms. The van der Waals surface area contributed by atoms with Gasteiger partial charge in [0.15, 0.2) is 12.1 Å². The number of anilines is 1. The van der Waals surface area contributed by atoms with E-state index in [4.69, 9.17) is 10.5 Å². The first-order chi connectivity index (χ1) is 8.81. The third-order valence-electron chi connectivity index (χ3n) is 2.48. The van der Waals surface area contributed by atoms with Gasteiger partial charge in [0.25, 0.3) is 0 Å². The van der Waals surface area contributed by atoms with Crippen molar-refractivity contribution in [3.63, 3.8) is 0 Å². The summed E-state index contributed by atoms with van der Waals surface area (Å²) in [6, 6.07) is 9.26. The predicted octanol–water partition coefficient (Wildman–Crippen LogP) is 1.00. The predicted molar refractivity (Wildman–Crippen MR) is 64.0 cm³/mol. The number of hydrogen-bond donors (Lipinski definition) is 0. The van der Waals surface area contributed by atoms with E-state index >= 15 is 0 Å². The number of fused-ring (bicyclic) bond motifs is 1. The Bertz CT molecular complexity index is 645. The molecule has 0 atom stereocenters. The fraction of sp³-hybridized carbons (Fsp3) is 0.167. The van der Waals surface area contributed by atoms with Gasteiger partial charge in [-0.25, -0.2) is 4.98 Å². The molecule has 0 aliphatic carbocycles. The maximum Gasteiger partial charge on any atom is 0.170 e. The third-order valence-corrected chi connectivity index (χ3v) is 2.48. The van der Waals surface area contributed by atoms with Crippen LogP contribution in [-0.2, 0) is 0 Å². The molecule has 6 heteroatoms. The van der Waals surface area contributed by atoms with Crippen LogP contribution in [0.5, 0.6) is 0 Å². The van der Waals surface area contributed by atoms with Crippen LogP contribution in [0.2, 0.25) is 0 Å². The Labute approximate surface area is 103 Å². The number of pyridine rings is 1. The molecule has 0 saturated heterocycles. The number of nitriles is 2. The Morgan fingerprint density at radius 3 is 2.67 bits per heavy atom. The molecular formula is C12H9N5O. The zero-order valence-electron chi connectivity index (χ0n) is 9.45. The highest BCUT2D eigenvalue weighted by Gasteiger charge is 2.17. The minimum absolute atomic E-state index is 0.0122. The number of aldehydes is 1. The smallest absolute Gasteiger partial charge is 0.170 e. The van der Waals surface area contributed by atoms with Crippen molar-refractivity contribution in [1.82, 2.24) is 9.38 Å². The summed E-state index contributed by atoms with van der Waals surface area (Å²) in [7, 11) is 0. The molecular weight excluding hydrogens is 230 g/mol. The summed E-state index contributed by atoms with van der Waals surface area (Å²) in [5.41, 5.74) is 0.951. The minimum atomic E-state index is 0.0122. The maximum absolute atomic E-state index is 11.2. The van der Waals surface area contributed by atoms with Crippen LogP contribution in [0.3, 0.4) is 0 Å². The second kappa shape index (κ2) is 4.98. The molecule has 6 nitrogen and oxygen atoms in total. The van der Waals surface area contributed by atoms with Crippen LogP contribution in [0, 0.1) is 22.7 Å². The van der Waals surface area contributed by atoms with E-state index in [1.165, 1.54) is 4.90 Å². The molecule has 2 rings (SSSR count). The van der Waals surface area contributed by atoms with Crippen molar-refractivity contribution in [3.8, 4) is 12.1 Å². The van der Waals surface area contributed by atoms with Gasteiger partial charge in [-0.3, -0.25) is 9.20 Å². The Balaban J connectivity index is 2.59. The maximum atomic E-state index is 11.2. The molecule has 0 aromatic carbocycles. The molecule has 0 bridgehead atoms. The lowest BCUT2D eigenvalue weighted by molar-refractivity contribution is 0.111. The Morgan fingerprint density at radius 1 is 1.33 bits per heavy atom. The molecule has 2 aromatic rings. The van der Waals surface area contributed by atoms with Crippen molar-refractivity contribution in [3.05, 3.63) is 30.1 Å². The molecule has 0 radical (unpaired) electrons. The topological polar surface area (TPSA) is 85.2 Å². The number of nitrogens with zero attached hydrogens (tertiary/aromatic N) is 5. The van der Waals surface area contributed by atoms with E-state index in [-0.39, 0.29) is 13.1 Å². The SMILES string of the molecule is N#CCN(CC#N)c1nc2ccccn2c1C=O. The molecule has 0 N–H and O–H groups in total. The Morgan fingerprint density at radius 2 is 2.06 bits per heavy atom. The zero-order chi connectivity index (χ0) is 13.0. The lowest BCUT2D eigenvalue weighted by Gasteiger charge is -2.14. The lowest BCUT2D eigenvalue weighted by atomic mass is 10.4. The second-order valence-electron chi connectivity index (χ2n) is 3.54. The highest BCUT2D eigenvalue weighted by atomic mass is 16.1. The van der Waals surface area contributed by atoms with Crippen molar-refractivity contribution in [2.24, 2.45) is 0 Å². The summed E-state index contributed by atoms with van der Waals surface area (Å²) in [6.07, 6.45) is 2.39. The Kier molecular flexibility index (Phi) is 3.22. The quantitative estimate of drug-likeness (QED) is 0.587. The van der Waals surface area contributed by atoms with Gasteiger partial charge in [-0.1, -0.05) is 6.07 Å². The van der Waals surface area contributed by atoms with Gasteiger partial charge in [-0.05, 0) is 12.1 Å². The monoisotopic (exact) mass is 239 g/mol. The van der Waals surface area contributed by atoms with E-state index in [1.54, 1.807) is 28.8 Å². The molecule has 0 spiro atoms. The van der Waals surface area contributed by atoms with Crippen LogP contribution < -0.4 is 4.90 Å². The number of carbonyl (C=O) groups is 1. The van der Waals surface area contributed by atoms with Gasteiger partial charge in [0.05, 0.1) is 12.1 Å². The summed E-state index contributed by atoms with van der Waals surface area (Å²) in [5, 5.41) is 17.5. The molecule has 88 valence electrons. The van der Waals surface area contributed by atoms with Gasteiger partial charge >= 0.3 is 0 Å². The van der Waals surface area contributed by atoms with Crippen LogP contribution in [-0.4, -0.2) is 28.8 Å². The second-order valence-corrected chi connectivity index (χ2v) is 3.54. The summed E-state index contributed by atoms with van der Waals surface area (Å²) < 4.78 is 1.63. The van der Waals surface area contributed by atoms with Crippen LogP contribution in [0.1, 0.15) is 10.5 Å². The molecule has 2 heterocycles. The van der Waals surface area contributed by atoms with Gasteiger partial charge in [0, 0.05) is 6.20 Å². The van der Waals surface area contributed by atoms with E-state index in [2.05, 4.69) is 4.98 Å². The van der Waals surface area contributed by atoms with Gasteiger partial charge in [0.2, 0.25) is 0 Å². The highest BCUT2D eigenvalue weighted by molar-refractivity contribution is 5.83. The van der Waals surface area contributed by atoms with E-state index in [0.717, 1.165) is 0 Å². The number of rotatable bonds is 4. The average molecular weight is 239 g/mol. The minimum Gasteiger partial charge on any atom is -0.328 e. The first kappa shape index (κ1) is 11.6. The van der Waals surface area contributed by atoms with Crippen molar-refractivity contribution in [2.45, 2.75) is 0 Å². The zero-order valence-corrected chi connectivity index (χ0v) is 9.45. The van der Waals surface area contributed by atoms with Crippen LogP contribution in [0.4, 0.5) is 5.82 Å². The Hall–Kier alpha value is -2.86. The highest BCUT2D eigenvalue weighted by Crippen LogP contribution is 2.19. The van der Waals surface area contributed by atoms with Crippen molar-refractivity contribution >= 4 is 17.8 Å². The van der Waals surface area contributed by atoms with Gasteiger partial charge < -0.3 is 4.90 Å². The summed E-state index contributed by atoms with van der Waals surface area (Å²) in [4.78, 5) is 16.9. The normalized spacial score (nSPS) is 9.67. The molecule has 0 unspecified atom stereocenters.